The number of benzene rings is 2. The summed E-state index contributed by atoms with van der Waals surface area (Å²) in [6, 6.07) is 11.1. The lowest BCUT2D eigenvalue weighted by atomic mass is 10.1. The van der Waals surface area contributed by atoms with Gasteiger partial charge in [0.15, 0.2) is 0 Å². The molecule has 0 saturated heterocycles. The molecule has 2 aromatic rings. The van der Waals surface area contributed by atoms with Crippen LogP contribution in [0.15, 0.2) is 42.5 Å². The van der Waals surface area contributed by atoms with E-state index in [4.69, 9.17) is 11.6 Å². The first-order chi connectivity index (χ1) is 12.3. The highest BCUT2D eigenvalue weighted by Gasteiger charge is 2.37. The number of amides is 1. The number of halogens is 2. The largest absolute Gasteiger partial charge is 0.354 e. The lowest BCUT2D eigenvalue weighted by molar-refractivity contribution is -0.120. The second-order valence-electron chi connectivity index (χ2n) is 5.76. The molecule has 0 atom stereocenters. The zero-order chi connectivity index (χ0) is 18.9. The van der Waals surface area contributed by atoms with Gasteiger partial charge >= 0.3 is 10.2 Å². The summed E-state index contributed by atoms with van der Waals surface area (Å²) < 4.78 is 41.1. The monoisotopic (exact) mass is 397 g/mol. The minimum atomic E-state index is -3.66. The number of carbonyl (C=O) groups excluding carboxylic acids is 1. The van der Waals surface area contributed by atoms with Gasteiger partial charge in [0.2, 0.25) is 5.91 Å². The number of anilines is 2. The molecule has 0 aliphatic carbocycles. The third-order valence-electron chi connectivity index (χ3n) is 4.15. The highest BCUT2D eigenvalue weighted by Crippen LogP contribution is 2.38. The smallest absolute Gasteiger partial charge is 0.326 e. The Morgan fingerprint density at radius 3 is 2.54 bits per heavy atom. The Bertz CT molecular complexity index is 932. The molecule has 0 aromatic heterocycles. The first kappa shape index (κ1) is 18.5. The molecule has 0 spiro atoms. The van der Waals surface area contributed by atoms with E-state index >= 15 is 0 Å². The predicted octanol–water partition coefficient (Wildman–Crippen LogP) is 2.34. The van der Waals surface area contributed by atoms with Crippen LogP contribution in [0.5, 0.6) is 0 Å². The average molecular weight is 398 g/mol. The Balaban J connectivity index is 1.64. The molecule has 0 saturated carbocycles. The first-order valence-electron chi connectivity index (χ1n) is 7.87. The average Bonchev–Trinajstić information content (AvgIpc) is 2.79. The van der Waals surface area contributed by atoms with Gasteiger partial charge in [0.1, 0.15) is 5.82 Å². The van der Waals surface area contributed by atoms with Gasteiger partial charge in [0, 0.05) is 24.2 Å². The van der Waals surface area contributed by atoms with Crippen LogP contribution in [0, 0.1) is 5.82 Å². The Morgan fingerprint density at radius 1 is 1.15 bits per heavy atom. The molecule has 6 nitrogen and oxygen atoms in total. The van der Waals surface area contributed by atoms with Crippen molar-refractivity contribution < 1.29 is 17.6 Å². The number of hydrogen-bond donors (Lipinski definition) is 1. The van der Waals surface area contributed by atoms with Crippen molar-refractivity contribution >= 4 is 39.1 Å². The summed E-state index contributed by atoms with van der Waals surface area (Å²) in [4.78, 5) is 12.0. The molecule has 0 radical (unpaired) electrons. The summed E-state index contributed by atoms with van der Waals surface area (Å²) in [5.41, 5.74) is 1.25. The maximum Gasteiger partial charge on any atom is 0.326 e. The molecular weight excluding hydrogens is 381 g/mol. The minimum absolute atomic E-state index is 0.0699. The number of hydrogen-bond acceptors (Lipinski definition) is 3. The highest BCUT2D eigenvalue weighted by molar-refractivity contribution is 7.94. The molecule has 9 heteroatoms. The fourth-order valence-corrected chi connectivity index (χ4v) is 4.45. The van der Waals surface area contributed by atoms with Gasteiger partial charge in [-0.05, 0) is 24.3 Å². The van der Waals surface area contributed by atoms with E-state index in [0.29, 0.717) is 11.4 Å². The Kier molecular flexibility index (Phi) is 5.06. The fourth-order valence-electron chi connectivity index (χ4n) is 2.79. The van der Waals surface area contributed by atoms with Crippen LogP contribution >= 0.6 is 11.6 Å². The van der Waals surface area contributed by atoms with Crippen molar-refractivity contribution in [1.29, 1.82) is 0 Å². The summed E-state index contributed by atoms with van der Waals surface area (Å²) >= 11 is 5.91. The third kappa shape index (κ3) is 3.34. The topological polar surface area (TPSA) is 69.7 Å². The molecule has 26 heavy (non-hydrogen) atoms. The van der Waals surface area contributed by atoms with Crippen LogP contribution in [0.4, 0.5) is 15.8 Å². The van der Waals surface area contributed by atoms with E-state index < -0.39 is 21.9 Å². The van der Waals surface area contributed by atoms with E-state index in [9.17, 15) is 17.6 Å². The molecule has 0 unspecified atom stereocenters. The molecule has 138 valence electrons. The van der Waals surface area contributed by atoms with Gasteiger partial charge in [-0.1, -0.05) is 29.8 Å². The fraction of sp³-hybridized carbons (Fsp3) is 0.235. The maximum absolute atomic E-state index is 13.7. The van der Waals surface area contributed by atoms with Crippen molar-refractivity contribution in [3.63, 3.8) is 0 Å². The second-order valence-corrected chi connectivity index (χ2v) is 8.05. The van der Waals surface area contributed by atoms with Crippen LogP contribution in [0.2, 0.25) is 5.02 Å². The van der Waals surface area contributed by atoms with E-state index in [2.05, 4.69) is 5.32 Å². The van der Waals surface area contributed by atoms with E-state index in [-0.39, 0.29) is 30.1 Å². The summed E-state index contributed by atoms with van der Waals surface area (Å²) in [5, 5.41) is 2.79. The van der Waals surface area contributed by atoms with Crippen LogP contribution in [-0.4, -0.2) is 34.5 Å². The number of fused-ring (bicyclic) bond motifs is 1. The summed E-state index contributed by atoms with van der Waals surface area (Å²) in [5.74, 6) is -0.986. The molecule has 1 heterocycles. The molecule has 3 rings (SSSR count). The van der Waals surface area contributed by atoms with Crippen molar-refractivity contribution in [3.8, 4) is 0 Å². The number of carbonyl (C=O) groups is 1. The van der Waals surface area contributed by atoms with Crippen LogP contribution in [-0.2, 0) is 21.4 Å². The van der Waals surface area contributed by atoms with Crippen LogP contribution < -0.4 is 13.9 Å². The number of nitrogens with one attached hydrogen (secondary N) is 1. The number of rotatable bonds is 5. The second kappa shape index (κ2) is 7.13. The molecule has 0 fully saturated rings. The molecule has 2 aromatic carbocycles. The molecule has 1 aliphatic heterocycles. The Labute approximate surface area is 156 Å². The quantitative estimate of drug-likeness (QED) is 0.841. The maximum atomic E-state index is 13.7. The van der Waals surface area contributed by atoms with Gasteiger partial charge in [0.25, 0.3) is 0 Å². The van der Waals surface area contributed by atoms with Gasteiger partial charge in [-0.15, -0.1) is 0 Å². The highest BCUT2D eigenvalue weighted by atomic mass is 35.5. The van der Waals surface area contributed by atoms with Crippen molar-refractivity contribution in [1.82, 2.24) is 5.32 Å². The summed E-state index contributed by atoms with van der Waals surface area (Å²) in [7, 11) is -2.18. The summed E-state index contributed by atoms with van der Waals surface area (Å²) in [6.45, 7) is 0.159. The van der Waals surface area contributed by atoms with E-state index in [1.54, 1.807) is 24.3 Å². The standard InChI is InChI=1S/C17H17ClFN3O3S/c1-21-15-7-2-3-8-16(15)22(26(21,24)25)10-9-20-17(23)11-12-13(18)5-4-6-14(12)19/h2-8H,9-11H2,1H3,(H,20,23). The minimum Gasteiger partial charge on any atom is -0.354 e. The van der Waals surface area contributed by atoms with Crippen molar-refractivity contribution in [3.05, 3.63) is 58.9 Å². The molecular formula is C17H17ClFN3O3S. The lowest BCUT2D eigenvalue weighted by Crippen LogP contribution is -2.41. The van der Waals surface area contributed by atoms with E-state index in [0.717, 1.165) is 0 Å². The van der Waals surface area contributed by atoms with E-state index in [1.807, 2.05) is 0 Å². The zero-order valence-corrected chi connectivity index (χ0v) is 15.5. The van der Waals surface area contributed by atoms with Crippen molar-refractivity contribution in [2.75, 3.05) is 28.7 Å². The van der Waals surface area contributed by atoms with Gasteiger partial charge in [0.05, 0.1) is 24.3 Å². The van der Waals surface area contributed by atoms with E-state index in [1.165, 1.54) is 33.9 Å². The van der Waals surface area contributed by atoms with Crippen LogP contribution in [0.25, 0.3) is 0 Å². The molecule has 1 aliphatic rings. The van der Waals surface area contributed by atoms with Gasteiger partial charge in [-0.25, -0.2) is 8.70 Å². The molecule has 1 N–H and O–H groups in total. The Hall–Kier alpha value is -2.32. The van der Waals surface area contributed by atoms with Gasteiger partial charge in [-0.3, -0.25) is 9.10 Å². The van der Waals surface area contributed by atoms with Crippen LogP contribution in [0.1, 0.15) is 5.56 Å². The number of para-hydroxylation sites is 2. The Morgan fingerprint density at radius 2 is 1.85 bits per heavy atom. The SMILES string of the molecule is CN1c2ccccc2N(CCNC(=O)Cc2c(F)cccc2Cl)S1(=O)=O. The third-order valence-corrected chi connectivity index (χ3v) is 6.33. The molecule has 0 bridgehead atoms. The normalized spacial score (nSPS) is 15.0. The summed E-state index contributed by atoms with van der Waals surface area (Å²) in [6.07, 6.45) is -0.214. The van der Waals surface area contributed by atoms with Gasteiger partial charge < -0.3 is 5.32 Å². The molecule has 1 amide bonds. The number of nitrogens with zero attached hydrogens (tertiary/aromatic N) is 2. The zero-order valence-electron chi connectivity index (χ0n) is 13.9. The lowest BCUT2D eigenvalue weighted by Gasteiger charge is -2.19. The predicted molar refractivity (Wildman–Crippen MR) is 99.2 cm³/mol. The van der Waals surface area contributed by atoms with Crippen molar-refractivity contribution in [2.45, 2.75) is 6.42 Å². The van der Waals surface area contributed by atoms with Gasteiger partial charge in [-0.2, -0.15) is 8.42 Å². The van der Waals surface area contributed by atoms with Crippen molar-refractivity contribution in [2.24, 2.45) is 0 Å². The van der Waals surface area contributed by atoms with Crippen LogP contribution in [0.3, 0.4) is 0 Å². The first-order valence-corrected chi connectivity index (χ1v) is 9.65.